The smallest absolute Gasteiger partial charge is 0.416 e. The molecule has 0 aliphatic carbocycles. The number of alkyl halides is 3. The minimum Gasteiger partial charge on any atom is -0.494 e. The third-order valence-corrected chi connectivity index (χ3v) is 4.78. The molecule has 2 aromatic heterocycles. The Morgan fingerprint density at radius 3 is 2.67 bits per heavy atom. The number of anilines is 1. The van der Waals surface area contributed by atoms with E-state index in [1.807, 2.05) is 6.92 Å². The van der Waals surface area contributed by atoms with Gasteiger partial charge in [0.05, 0.1) is 18.4 Å². The number of carbonyl (C=O) groups excluding carboxylic acids is 1. The summed E-state index contributed by atoms with van der Waals surface area (Å²) in [7, 11) is 0. The third kappa shape index (κ3) is 5.32. The van der Waals surface area contributed by atoms with Crippen LogP contribution in [-0.2, 0) is 6.18 Å². The van der Waals surface area contributed by atoms with Crippen LogP contribution in [0, 0.1) is 0 Å². The summed E-state index contributed by atoms with van der Waals surface area (Å²) >= 11 is 0. The molecule has 0 atom stereocenters. The second kappa shape index (κ2) is 10.2. The number of rotatable bonds is 8. The van der Waals surface area contributed by atoms with Gasteiger partial charge in [0, 0.05) is 5.56 Å². The van der Waals surface area contributed by atoms with Crippen LogP contribution in [0.25, 0.3) is 17.1 Å². The predicted molar refractivity (Wildman–Crippen MR) is 121 cm³/mol. The molecule has 186 valence electrons. The molecular formula is C22H19F3N8O3. The Bertz CT molecular complexity index is 1380. The zero-order valence-electron chi connectivity index (χ0n) is 18.7. The molecule has 0 fully saturated rings. The quantitative estimate of drug-likeness (QED) is 0.276. The number of aromatic nitrogens is 5. The molecule has 2 aromatic carbocycles. The molecule has 1 amide bonds. The van der Waals surface area contributed by atoms with Gasteiger partial charge >= 0.3 is 6.18 Å². The van der Waals surface area contributed by atoms with E-state index in [2.05, 4.69) is 35.8 Å². The predicted octanol–water partition coefficient (Wildman–Crippen LogP) is 3.47. The molecule has 0 bridgehead atoms. The lowest BCUT2D eigenvalue weighted by Gasteiger charge is -2.08. The van der Waals surface area contributed by atoms with Crippen molar-refractivity contribution < 1.29 is 27.3 Å². The fourth-order valence-corrected chi connectivity index (χ4v) is 3.12. The van der Waals surface area contributed by atoms with Gasteiger partial charge < -0.3 is 10.5 Å². The third-order valence-electron chi connectivity index (χ3n) is 4.78. The molecule has 14 heteroatoms. The first-order valence-electron chi connectivity index (χ1n) is 10.6. The van der Waals surface area contributed by atoms with Gasteiger partial charge in [-0.1, -0.05) is 24.3 Å². The van der Waals surface area contributed by atoms with Crippen LogP contribution in [-0.4, -0.2) is 44.0 Å². The highest BCUT2D eigenvalue weighted by molar-refractivity contribution is 5.98. The fourth-order valence-electron chi connectivity index (χ4n) is 3.12. The van der Waals surface area contributed by atoms with Crippen molar-refractivity contribution in [3.63, 3.8) is 0 Å². The maximum atomic E-state index is 12.9. The number of amides is 1. The van der Waals surface area contributed by atoms with E-state index in [9.17, 15) is 18.0 Å². The average molecular weight is 500 g/mol. The van der Waals surface area contributed by atoms with Gasteiger partial charge in [0.1, 0.15) is 11.4 Å². The van der Waals surface area contributed by atoms with E-state index in [1.54, 1.807) is 24.3 Å². The summed E-state index contributed by atoms with van der Waals surface area (Å²) in [5.74, 6) is -0.228. The first kappa shape index (κ1) is 24.4. The number of halogens is 3. The number of nitrogen functional groups attached to an aromatic ring is 1. The zero-order chi connectivity index (χ0) is 25.7. The van der Waals surface area contributed by atoms with Crippen molar-refractivity contribution in [3.05, 3.63) is 65.4 Å². The molecule has 4 aromatic rings. The van der Waals surface area contributed by atoms with Gasteiger partial charge in [-0.2, -0.15) is 23.0 Å². The van der Waals surface area contributed by atoms with Crippen molar-refractivity contribution in [2.75, 3.05) is 12.3 Å². The molecule has 11 nitrogen and oxygen atoms in total. The number of hydrogen-bond donors (Lipinski definition) is 2. The van der Waals surface area contributed by atoms with E-state index in [1.165, 1.54) is 16.8 Å². The van der Waals surface area contributed by atoms with Crippen molar-refractivity contribution in [2.45, 2.75) is 19.5 Å². The van der Waals surface area contributed by atoms with E-state index in [4.69, 9.17) is 10.5 Å². The van der Waals surface area contributed by atoms with Gasteiger partial charge in [0.25, 0.3) is 5.91 Å². The lowest BCUT2D eigenvalue weighted by Crippen LogP contribution is -2.19. The molecule has 3 N–H and O–H groups in total. The molecule has 0 aliphatic rings. The first-order valence-corrected chi connectivity index (χ1v) is 10.6. The van der Waals surface area contributed by atoms with Crippen LogP contribution in [0.1, 0.15) is 35.0 Å². The van der Waals surface area contributed by atoms with Gasteiger partial charge in [-0.05, 0) is 58.7 Å². The van der Waals surface area contributed by atoms with Crippen LogP contribution in [0.4, 0.5) is 19.0 Å². The van der Waals surface area contributed by atoms with Crippen molar-refractivity contribution in [1.29, 1.82) is 0 Å². The van der Waals surface area contributed by atoms with Gasteiger partial charge in [-0.15, -0.1) is 5.10 Å². The van der Waals surface area contributed by atoms with Crippen molar-refractivity contribution >= 4 is 17.9 Å². The van der Waals surface area contributed by atoms with Crippen molar-refractivity contribution in [2.24, 2.45) is 5.10 Å². The van der Waals surface area contributed by atoms with Gasteiger partial charge in [-0.25, -0.2) is 10.1 Å². The standard InChI is InChI=1S/C22H19F3N8O3/c1-2-10-35-16-8-6-14(7-9-16)18-17(28-32-33(18)20-19(26)30-36-31-20)21(34)29-27-12-13-4-3-5-15(11-13)22(23,24)25/h3-9,11-12H,2,10H2,1H3,(H2,26,30)(H,29,34)/b27-12-. The van der Waals surface area contributed by atoms with Gasteiger partial charge in [-0.3, -0.25) is 4.79 Å². The largest absolute Gasteiger partial charge is 0.494 e. The molecule has 0 radical (unpaired) electrons. The van der Waals surface area contributed by atoms with E-state index in [-0.39, 0.29) is 28.6 Å². The summed E-state index contributed by atoms with van der Waals surface area (Å²) in [6.45, 7) is 2.52. The number of hydrogen-bond acceptors (Lipinski definition) is 9. The Kier molecular flexibility index (Phi) is 6.94. The number of ether oxygens (including phenoxy) is 1. The second-order valence-electron chi connectivity index (χ2n) is 7.37. The summed E-state index contributed by atoms with van der Waals surface area (Å²) in [6.07, 6.45) is -2.59. The highest BCUT2D eigenvalue weighted by atomic mass is 19.4. The van der Waals surface area contributed by atoms with E-state index >= 15 is 0 Å². The maximum absolute atomic E-state index is 12.9. The normalized spacial score (nSPS) is 11.7. The Labute approximate surface area is 201 Å². The fraction of sp³-hybridized carbons (Fsp3) is 0.182. The number of hydrazone groups is 1. The van der Waals surface area contributed by atoms with Crippen LogP contribution in [0.15, 0.2) is 58.3 Å². The van der Waals surface area contributed by atoms with Crippen LogP contribution in [0.3, 0.4) is 0 Å². The molecular weight excluding hydrogens is 481 g/mol. The summed E-state index contributed by atoms with van der Waals surface area (Å²) in [6, 6.07) is 11.3. The van der Waals surface area contributed by atoms with Crippen LogP contribution >= 0.6 is 0 Å². The Morgan fingerprint density at radius 2 is 2.00 bits per heavy atom. The number of carbonyl (C=O) groups is 1. The molecule has 0 saturated heterocycles. The molecule has 4 rings (SSSR count). The van der Waals surface area contributed by atoms with Gasteiger partial charge in [0.15, 0.2) is 5.69 Å². The second-order valence-corrected chi connectivity index (χ2v) is 7.37. The van der Waals surface area contributed by atoms with Crippen LogP contribution in [0.2, 0.25) is 0 Å². The highest BCUT2D eigenvalue weighted by Crippen LogP contribution is 2.30. The van der Waals surface area contributed by atoms with E-state index in [0.717, 1.165) is 24.8 Å². The molecule has 36 heavy (non-hydrogen) atoms. The monoisotopic (exact) mass is 500 g/mol. The topological polar surface area (TPSA) is 146 Å². The molecule has 2 heterocycles. The van der Waals surface area contributed by atoms with Gasteiger partial charge in [0.2, 0.25) is 11.6 Å². The number of nitrogens with zero attached hydrogens (tertiary/aromatic N) is 6. The molecule has 0 spiro atoms. The average Bonchev–Trinajstić information content (AvgIpc) is 3.48. The number of benzene rings is 2. The minimum absolute atomic E-state index is 0.00956. The molecule has 0 unspecified atom stereocenters. The summed E-state index contributed by atoms with van der Waals surface area (Å²) in [5.41, 5.74) is 7.90. The van der Waals surface area contributed by atoms with E-state index in [0.29, 0.717) is 17.9 Å². The van der Waals surface area contributed by atoms with Crippen LogP contribution < -0.4 is 15.9 Å². The Hall–Kier alpha value is -4.75. The number of nitrogens with one attached hydrogen (secondary N) is 1. The summed E-state index contributed by atoms with van der Waals surface area (Å²) in [5, 5.41) is 18.8. The SMILES string of the molecule is CCCOc1ccc(-c2c(C(=O)N/N=C\c3cccc(C(F)(F)F)c3)nnn2-c2nonc2N)cc1. The lowest BCUT2D eigenvalue weighted by molar-refractivity contribution is -0.137. The van der Waals surface area contributed by atoms with Crippen molar-refractivity contribution in [3.8, 4) is 22.8 Å². The molecule has 0 saturated carbocycles. The highest BCUT2D eigenvalue weighted by Gasteiger charge is 2.30. The summed E-state index contributed by atoms with van der Waals surface area (Å²) < 4.78 is 50.1. The Balaban J connectivity index is 1.63. The van der Waals surface area contributed by atoms with Crippen molar-refractivity contribution in [1.82, 2.24) is 30.7 Å². The molecule has 0 aliphatic heterocycles. The maximum Gasteiger partial charge on any atom is 0.416 e. The van der Waals surface area contributed by atoms with Crippen LogP contribution in [0.5, 0.6) is 5.75 Å². The Morgan fingerprint density at radius 1 is 1.22 bits per heavy atom. The minimum atomic E-state index is -4.50. The number of nitrogens with two attached hydrogens (primary N) is 1. The zero-order valence-corrected chi connectivity index (χ0v) is 18.7. The van der Waals surface area contributed by atoms with E-state index < -0.39 is 17.6 Å². The lowest BCUT2D eigenvalue weighted by atomic mass is 10.1. The summed E-state index contributed by atoms with van der Waals surface area (Å²) in [4.78, 5) is 12.9. The first-order chi connectivity index (χ1) is 17.3.